The van der Waals surface area contributed by atoms with E-state index < -0.39 is 6.10 Å². The second-order valence-corrected chi connectivity index (χ2v) is 23.4. The first kappa shape index (κ1) is 76.1. The highest BCUT2D eigenvalue weighted by atomic mass is 16.6. The van der Waals surface area contributed by atoms with E-state index in [1.165, 1.54) is 238 Å². The zero-order chi connectivity index (χ0) is 57.1. The van der Waals surface area contributed by atoms with E-state index >= 15 is 0 Å². The molecule has 79 heavy (non-hydrogen) atoms. The molecule has 6 nitrogen and oxygen atoms in total. The van der Waals surface area contributed by atoms with Gasteiger partial charge in [-0.15, -0.1) is 0 Å². The molecule has 0 aromatic carbocycles. The summed E-state index contributed by atoms with van der Waals surface area (Å²) in [5.74, 6) is -0.891. The molecule has 0 N–H and O–H groups in total. The molecule has 0 radical (unpaired) electrons. The zero-order valence-electron chi connectivity index (χ0n) is 52.9. The largest absolute Gasteiger partial charge is 0.462 e. The van der Waals surface area contributed by atoms with Crippen molar-refractivity contribution in [2.24, 2.45) is 0 Å². The predicted molar refractivity (Wildman–Crippen MR) is 344 cm³/mol. The van der Waals surface area contributed by atoms with Crippen molar-refractivity contribution in [2.45, 2.75) is 374 Å². The number of carbonyl (C=O) groups excluding carboxylic acids is 3. The highest BCUT2D eigenvalue weighted by Gasteiger charge is 2.19. The normalized spacial score (nSPS) is 12.4. The van der Waals surface area contributed by atoms with Crippen LogP contribution < -0.4 is 0 Å². The monoisotopic (exact) mass is 1110 g/mol. The topological polar surface area (TPSA) is 78.9 Å². The van der Waals surface area contributed by atoms with Gasteiger partial charge in [0.1, 0.15) is 13.2 Å². The Kier molecular flexibility index (Phi) is 65.1. The molecule has 0 amide bonds. The van der Waals surface area contributed by atoms with Crippen LogP contribution in [0.25, 0.3) is 0 Å². The van der Waals surface area contributed by atoms with Gasteiger partial charge in [-0.3, -0.25) is 14.4 Å². The third-order valence-corrected chi connectivity index (χ3v) is 15.5. The SMILES string of the molecule is CC/C=C\C/C=C\C/C=C\CCCCCC(=O)OC(COC(=O)CCCCCCCCCCCCCCC)COC(=O)CCCCCCCCCCCCCCCCCCCCCCCCC/C=C\C/C=C\CCCCCCC. The van der Waals surface area contributed by atoms with Crippen LogP contribution in [0.5, 0.6) is 0 Å². The summed E-state index contributed by atoms with van der Waals surface area (Å²) in [4.78, 5) is 38.2. The Hall–Kier alpha value is -2.89. The zero-order valence-corrected chi connectivity index (χ0v) is 52.9. The average Bonchev–Trinajstić information content (AvgIpc) is 3.45. The Morgan fingerprint density at radius 2 is 0.494 bits per heavy atom. The predicted octanol–water partition coefficient (Wildman–Crippen LogP) is 23.9. The van der Waals surface area contributed by atoms with Crippen molar-refractivity contribution in [2.75, 3.05) is 13.2 Å². The second kappa shape index (κ2) is 67.6. The summed E-state index contributed by atoms with van der Waals surface area (Å²) in [6.45, 7) is 6.54. The second-order valence-electron chi connectivity index (χ2n) is 23.4. The van der Waals surface area contributed by atoms with Gasteiger partial charge in [0, 0.05) is 19.3 Å². The maximum atomic E-state index is 12.9. The van der Waals surface area contributed by atoms with Crippen LogP contribution in [0, 0.1) is 0 Å². The van der Waals surface area contributed by atoms with Crippen LogP contribution in [0.15, 0.2) is 60.8 Å². The molecule has 0 aliphatic carbocycles. The van der Waals surface area contributed by atoms with Gasteiger partial charge in [0.15, 0.2) is 6.10 Å². The Morgan fingerprint density at radius 3 is 0.785 bits per heavy atom. The Morgan fingerprint density at radius 1 is 0.266 bits per heavy atom. The minimum Gasteiger partial charge on any atom is -0.462 e. The number of carbonyl (C=O) groups is 3. The van der Waals surface area contributed by atoms with Crippen LogP contribution in [0.1, 0.15) is 367 Å². The van der Waals surface area contributed by atoms with E-state index in [2.05, 4.69) is 81.5 Å². The first-order valence-corrected chi connectivity index (χ1v) is 34.8. The lowest BCUT2D eigenvalue weighted by atomic mass is 10.0. The number of hydrogen-bond donors (Lipinski definition) is 0. The fourth-order valence-corrected chi connectivity index (χ4v) is 10.3. The molecule has 0 aliphatic rings. The van der Waals surface area contributed by atoms with Crippen LogP contribution in [-0.2, 0) is 28.6 Å². The average molecular weight is 1110 g/mol. The fraction of sp³-hybridized carbons (Fsp3) is 0.822. The highest BCUT2D eigenvalue weighted by molar-refractivity contribution is 5.71. The van der Waals surface area contributed by atoms with Gasteiger partial charge in [0.2, 0.25) is 0 Å². The molecule has 0 fully saturated rings. The van der Waals surface area contributed by atoms with Crippen molar-refractivity contribution >= 4 is 17.9 Å². The first-order valence-electron chi connectivity index (χ1n) is 34.8. The van der Waals surface area contributed by atoms with Gasteiger partial charge in [-0.05, 0) is 83.5 Å². The van der Waals surface area contributed by atoms with E-state index in [0.717, 1.165) is 89.9 Å². The van der Waals surface area contributed by atoms with E-state index in [1.807, 2.05) is 0 Å². The summed E-state index contributed by atoms with van der Waals surface area (Å²) in [5, 5.41) is 0. The lowest BCUT2D eigenvalue weighted by molar-refractivity contribution is -0.167. The lowest BCUT2D eigenvalue weighted by Crippen LogP contribution is -2.30. The summed E-state index contributed by atoms with van der Waals surface area (Å²) < 4.78 is 16.9. The third-order valence-electron chi connectivity index (χ3n) is 15.5. The summed E-state index contributed by atoms with van der Waals surface area (Å²) in [6.07, 6.45) is 87.1. The molecule has 0 rings (SSSR count). The van der Waals surface area contributed by atoms with Gasteiger partial charge in [-0.2, -0.15) is 0 Å². The summed E-state index contributed by atoms with van der Waals surface area (Å²) in [5.41, 5.74) is 0. The maximum absolute atomic E-state index is 12.9. The molecule has 1 atom stereocenters. The molecule has 6 heteroatoms. The number of allylic oxidation sites excluding steroid dienone is 10. The van der Waals surface area contributed by atoms with Crippen LogP contribution in [0.4, 0.5) is 0 Å². The van der Waals surface area contributed by atoms with Gasteiger partial charge < -0.3 is 14.2 Å². The highest BCUT2D eigenvalue weighted by Crippen LogP contribution is 2.18. The first-order chi connectivity index (χ1) is 39.0. The quantitative estimate of drug-likeness (QED) is 0.0261. The van der Waals surface area contributed by atoms with Crippen LogP contribution in [-0.4, -0.2) is 37.2 Å². The van der Waals surface area contributed by atoms with Gasteiger partial charge in [-0.1, -0.05) is 326 Å². The minimum atomic E-state index is -0.786. The van der Waals surface area contributed by atoms with Crippen LogP contribution in [0.3, 0.4) is 0 Å². The molecule has 1 unspecified atom stereocenters. The van der Waals surface area contributed by atoms with Crippen molar-refractivity contribution in [3.05, 3.63) is 60.8 Å². The van der Waals surface area contributed by atoms with Gasteiger partial charge in [0.25, 0.3) is 0 Å². The van der Waals surface area contributed by atoms with Gasteiger partial charge in [0.05, 0.1) is 0 Å². The third kappa shape index (κ3) is 65.8. The molecule has 0 spiro atoms. The Bertz CT molecular complexity index is 1410. The lowest BCUT2D eigenvalue weighted by Gasteiger charge is -2.18. The van der Waals surface area contributed by atoms with E-state index in [4.69, 9.17) is 14.2 Å². The number of rotatable bonds is 64. The summed E-state index contributed by atoms with van der Waals surface area (Å²) in [6, 6.07) is 0. The minimum absolute atomic E-state index is 0.0811. The van der Waals surface area contributed by atoms with Crippen LogP contribution >= 0.6 is 0 Å². The Balaban J connectivity index is 4.04. The molecule has 0 saturated heterocycles. The molecule has 460 valence electrons. The molecule has 0 aromatic rings. The number of unbranched alkanes of at least 4 members (excludes halogenated alkanes) is 43. The van der Waals surface area contributed by atoms with Crippen molar-refractivity contribution in [3.63, 3.8) is 0 Å². The fourth-order valence-electron chi connectivity index (χ4n) is 10.3. The van der Waals surface area contributed by atoms with E-state index in [-0.39, 0.29) is 31.1 Å². The van der Waals surface area contributed by atoms with E-state index in [1.54, 1.807) is 0 Å². The molecular formula is C73H132O6. The molecular weight excluding hydrogens is 973 g/mol. The van der Waals surface area contributed by atoms with Crippen LogP contribution in [0.2, 0.25) is 0 Å². The molecule has 0 saturated carbocycles. The number of esters is 3. The van der Waals surface area contributed by atoms with Crippen molar-refractivity contribution < 1.29 is 28.6 Å². The van der Waals surface area contributed by atoms with Crippen molar-refractivity contribution in [1.82, 2.24) is 0 Å². The number of ether oxygens (including phenoxy) is 3. The Labute approximate surface area is 491 Å². The van der Waals surface area contributed by atoms with Gasteiger partial charge in [-0.25, -0.2) is 0 Å². The summed E-state index contributed by atoms with van der Waals surface area (Å²) >= 11 is 0. The van der Waals surface area contributed by atoms with E-state index in [9.17, 15) is 14.4 Å². The maximum Gasteiger partial charge on any atom is 0.306 e. The standard InChI is InChI=1S/C73H132O6/c1-4-7-10-13-16-19-22-25-26-27-28-29-30-31-32-33-34-35-36-37-38-39-40-41-42-43-44-45-46-49-51-54-57-60-63-66-72(75)78-69-70(79-73(76)67-64-61-58-55-52-48-24-21-18-15-12-9-6-3)68-77-71(74)65-62-59-56-53-50-47-23-20-17-14-11-8-5-2/h9,12,18,21-22,25,27-28,48,52,70H,4-8,10-11,13-17,19-20,23-24,26,29-47,49-51,53-69H2,1-3H3/b12-9-,21-18-,25-22-,28-27-,52-48-. The number of hydrogen-bond acceptors (Lipinski definition) is 6. The molecule has 0 bridgehead atoms. The van der Waals surface area contributed by atoms with Crippen molar-refractivity contribution in [3.8, 4) is 0 Å². The van der Waals surface area contributed by atoms with Crippen molar-refractivity contribution in [1.29, 1.82) is 0 Å². The van der Waals surface area contributed by atoms with Gasteiger partial charge >= 0.3 is 17.9 Å². The molecule has 0 aliphatic heterocycles. The molecule has 0 heterocycles. The summed E-state index contributed by atoms with van der Waals surface area (Å²) in [7, 11) is 0. The smallest absolute Gasteiger partial charge is 0.306 e. The van der Waals surface area contributed by atoms with E-state index in [0.29, 0.717) is 19.3 Å². The molecule has 0 aromatic heterocycles.